The molecule has 0 radical (unpaired) electrons. The summed E-state index contributed by atoms with van der Waals surface area (Å²) >= 11 is 0. The molecule has 0 aliphatic carbocycles. The summed E-state index contributed by atoms with van der Waals surface area (Å²) in [5, 5.41) is 4.88. The zero-order valence-electron chi connectivity index (χ0n) is 12.0. The third-order valence-electron chi connectivity index (χ3n) is 2.70. The Bertz CT molecular complexity index is 534. The molecule has 0 spiro atoms. The normalized spacial score (nSPS) is 9.86. The topological polar surface area (TPSA) is 78.5 Å². The van der Waals surface area contributed by atoms with Gasteiger partial charge >= 0.3 is 0 Å². The molecule has 0 bridgehead atoms. The molecule has 1 aromatic rings. The van der Waals surface area contributed by atoms with Crippen molar-refractivity contribution in [3.05, 3.63) is 35.6 Å². The Balaban J connectivity index is 2.47. The Morgan fingerprint density at radius 1 is 1.19 bits per heavy atom. The number of halogens is 1. The van der Waals surface area contributed by atoms with Crippen molar-refractivity contribution < 1.29 is 18.8 Å². The van der Waals surface area contributed by atoms with Crippen molar-refractivity contribution in [1.29, 1.82) is 0 Å². The summed E-state index contributed by atoms with van der Waals surface area (Å²) in [6, 6.07) is 5.49. The van der Waals surface area contributed by atoms with Gasteiger partial charge in [-0.1, -0.05) is 12.1 Å². The van der Waals surface area contributed by atoms with E-state index in [0.29, 0.717) is 6.54 Å². The lowest BCUT2D eigenvalue weighted by molar-refractivity contribution is -0.133. The van der Waals surface area contributed by atoms with Gasteiger partial charge in [0.2, 0.25) is 11.8 Å². The lowest BCUT2D eigenvalue weighted by atomic mass is 10.2. The molecule has 1 aromatic carbocycles. The summed E-state index contributed by atoms with van der Waals surface area (Å²) in [6.07, 6.45) is 0. The second-order valence-corrected chi connectivity index (χ2v) is 4.37. The predicted molar refractivity (Wildman–Crippen MR) is 75.1 cm³/mol. The number of nitrogens with zero attached hydrogens (tertiary/aromatic N) is 1. The van der Waals surface area contributed by atoms with E-state index in [1.165, 1.54) is 30.1 Å². The second kappa shape index (κ2) is 7.98. The Labute approximate surface area is 122 Å². The van der Waals surface area contributed by atoms with Gasteiger partial charge in [-0.2, -0.15) is 0 Å². The van der Waals surface area contributed by atoms with Crippen molar-refractivity contribution in [3.8, 4) is 0 Å². The maximum atomic E-state index is 13.4. The largest absolute Gasteiger partial charge is 0.355 e. The molecule has 1 rings (SSSR count). The molecule has 3 amide bonds. The molecular formula is C14H18FN3O3. The molecule has 0 aliphatic rings. The number of carbonyl (C=O) groups is 3. The molecule has 0 unspecified atom stereocenters. The smallest absolute Gasteiger partial charge is 0.254 e. The van der Waals surface area contributed by atoms with Gasteiger partial charge in [0.1, 0.15) is 5.82 Å². The van der Waals surface area contributed by atoms with Crippen LogP contribution < -0.4 is 10.6 Å². The van der Waals surface area contributed by atoms with Gasteiger partial charge in [-0.25, -0.2) is 4.39 Å². The van der Waals surface area contributed by atoms with E-state index in [2.05, 4.69) is 10.6 Å². The summed E-state index contributed by atoms with van der Waals surface area (Å²) in [7, 11) is 1.45. The van der Waals surface area contributed by atoms with Gasteiger partial charge in [0.15, 0.2) is 0 Å². The summed E-state index contributed by atoms with van der Waals surface area (Å²) < 4.78 is 13.4. The SMILES string of the molecule is CCNC(=O)CN(C)C(=O)CNC(=O)c1ccccc1F. The van der Waals surface area contributed by atoms with Crippen LogP contribution in [0.3, 0.4) is 0 Å². The highest BCUT2D eigenvalue weighted by Crippen LogP contribution is 2.05. The number of benzene rings is 1. The summed E-state index contributed by atoms with van der Waals surface area (Å²) in [4.78, 5) is 36.0. The number of amides is 3. The van der Waals surface area contributed by atoms with E-state index in [4.69, 9.17) is 0 Å². The maximum absolute atomic E-state index is 13.4. The number of hydrogen-bond acceptors (Lipinski definition) is 3. The predicted octanol–water partition coefficient (Wildman–Crippen LogP) is 0.150. The van der Waals surface area contributed by atoms with Crippen molar-refractivity contribution in [1.82, 2.24) is 15.5 Å². The van der Waals surface area contributed by atoms with Crippen LogP contribution >= 0.6 is 0 Å². The molecule has 6 nitrogen and oxygen atoms in total. The van der Waals surface area contributed by atoms with Gasteiger partial charge in [-0.05, 0) is 19.1 Å². The van der Waals surface area contributed by atoms with Crippen molar-refractivity contribution in [2.45, 2.75) is 6.92 Å². The Kier molecular flexibility index (Phi) is 6.32. The standard InChI is InChI=1S/C14H18FN3O3/c1-3-16-12(19)9-18(2)13(20)8-17-14(21)10-6-4-5-7-11(10)15/h4-7H,3,8-9H2,1-2H3,(H,16,19)(H,17,21). The fourth-order valence-corrected chi connectivity index (χ4v) is 1.59. The van der Waals surface area contributed by atoms with Crippen LogP contribution in [-0.4, -0.2) is 49.3 Å². The Morgan fingerprint density at radius 3 is 2.48 bits per heavy atom. The summed E-state index contributed by atoms with van der Waals surface area (Å²) in [5.74, 6) is -2.05. The lowest BCUT2D eigenvalue weighted by Crippen LogP contribution is -2.43. The highest BCUT2D eigenvalue weighted by molar-refractivity contribution is 5.97. The molecule has 114 valence electrons. The molecule has 0 fully saturated rings. The van der Waals surface area contributed by atoms with Gasteiger partial charge in [0.05, 0.1) is 18.7 Å². The first kappa shape index (κ1) is 16.6. The molecule has 0 saturated carbocycles. The quantitative estimate of drug-likeness (QED) is 0.784. The van der Waals surface area contributed by atoms with E-state index in [0.717, 1.165) is 6.07 Å². The molecule has 7 heteroatoms. The fourth-order valence-electron chi connectivity index (χ4n) is 1.59. The van der Waals surface area contributed by atoms with E-state index in [1.807, 2.05) is 0 Å². The minimum atomic E-state index is -0.673. The monoisotopic (exact) mass is 295 g/mol. The zero-order chi connectivity index (χ0) is 15.8. The van der Waals surface area contributed by atoms with Crippen LogP contribution in [0.1, 0.15) is 17.3 Å². The first-order valence-electron chi connectivity index (χ1n) is 6.49. The zero-order valence-corrected chi connectivity index (χ0v) is 12.0. The molecule has 2 N–H and O–H groups in total. The van der Waals surface area contributed by atoms with Crippen molar-refractivity contribution in [2.24, 2.45) is 0 Å². The minimum Gasteiger partial charge on any atom is -0.355 e. The third-order valence-corrected chi connectivity index (χ3v) is 2.70. The van der Waals surface area contributed by atoms with Crippen molar-refractivity contribution >= 4 is 17.7 Å². The first-order chi connectivity index (χ1) is 9.95. The average molecular weight is 295 g/mol. The minimum absolute atomic E-state index is 0.0950. The van der Waals surface area contributed by atoms with Crippen molar-refractivity contribution in [3.63, 3.8) is 0 Å². The van der Waals surface area contributed by atoms with Crippen LogP contribution in [-0.2, 0) is 9.59 Å². The molecule has 0 aliphatic heterocycles. The van der Waals surface area contributed by atoms with Crippen molar-refractivity contribution in [2.75, 3.05) is 26.7 Å². The molecule has 0 saturated heterocycles. The van der Waals surface area contributed by atoms with Crippen LogP contribution in [0.25, 0.3) is 0 Å². The van der Waals surface area contributed by atoms with Crippen LogP contribution in [0.4, 0.5) is 4.39 Å². The number of carbonyl (C=O) groups excluding carboxylic acids is 3. The maximum Gasteiger partial charge on any atom is 0.254 e. The van der Waals surface area contributed by atoms with Crippen LogP contribution in [0.2, 0.25) is 0 Å². The van der Waals surface area contributed by atoms with E-state index < -0.39 is 17.6 Å². The number of nitrogens with one attached hydrogen (secondary N) is 2. The summed E-state index contributed by atoms with van der Waals surface area (Å²) in [6.45, 7) is 1.85. The first-order valence-corrected chi connectivity index (χ1v) is 6.49. The lowest BCUT2D eigenvalue weighted by Gasteiger charge is -2.16. The molecule has 0 heterocycles. The van der Waals surface area contributed by atoms with Crippen LogP contribution in [0.15, 0.2) is 24.3 Å². The van der Waals surface area contributed by atoms with E-state index >= 15 is 0 Å². The Hall–Kier alpha value is -2.44. The average Bonchev–Trinajstić information content (AvgIpc) is 2.45. The van der Waals surface area contributed by atoms with E-state index in [1.54, 1.807) is 6.92 Å². The number of hydrogen-bond donors (Lipinski definition) is 2. The highest BCUT2D eigenvalue weighted by atomic mass is 19.1. The summed E-state index contributed by atoms with van der Waals surface area (Å²) in [5.41, 5.74) is -0.128. The molecule has 0 atom stereocenters. The van der Waals surface area contributed by atoms with Crippen LogP contribution in [0, 0.1) is 5.82 Å². The van der Waals surface area contributed by atoms with Crippen LogP contribution in [0.5, 0.6) is 0 Å². The fraction of sp³-hybridized carbons (Fsp3) is 0.357. The third kappa shape index (κ3) is 5.21. The van der Waals surface area contributed by atoms with Gasteiger partial charge in [0, 0.05) is 13.6 Å². The van der Waals surface area contributed by atoms with Gasteiger partial charge in [-0.3, -0.25) is 14.4 Å². The number of rotatable bonds is 6. The molecular weight excluding hydrogens is 277 g/mol. The Morgan fingerprint density at radius 2 is 1.86 bits per heavy atom. The molecule has 21 heavy (non-hydrogen) atoms. The number of likely N-dealkylation sites (N-methyl/N-ethyl adjacent to an activating group) is 2. The van der Waals surface area contributed by atoms with E-state index in [-0.39, 0.29) is 24.6 Å². The second-order valence-electron chi connectivity index (χ2n) is 4.37. The highest BCUT2D eigenvalue weighted by Gasteiger charge is 2.15. The van der Waals surface area contributed by atoms with Gasteiger partial charge < -0.3 is 15.5 Å². The van der Waals surface area contributed by atoms with Gasteiger partial charge in [0.25, 0.3) is 5.91 Å². The van der Waals surface area contributed by atoms with Gasteiger partial charge in [-0.15, -0.1) is 0 Å². The van der Waals surface area contributed by atoms with E-state index in [9.17, 15) is 18.8 Å². The molecule has 0 aromatic heterocycles.